The summed E-state index contributed by atoms with van der Waals surface area (Å²) in [6.07, 6.45) is 0. The molecule has 0 spiro atoms. The lowest BCUT2D eigenvalue weighted by molar-refractivity contribution is 0.0910. The molecule has 10 nitrogen and oxygen atoms in total. The smallest absolute Gasteiger partial charge is 0.266 e. The summed E-state index contributed by atoms with van der Waals surface area (Å²) in [5, 5.41) is 0. The Morgan fingerprint density at radius 2 is 0.642 bits per heavy atom. The quantitative estimate of drug-likeness (QED) is 0.109. The van der Waals surface area contributed by atoms with Crippen LogP contribution < -0.4 is 19.3 Å². The third-order valence-corrected chi connectivity index (χ3v) is 12.7. The summed E-state index contributed by atoms with van der Waals surface area (Å²) in [4.78, 5) is 55.7. The van der Waals surface area contributed by atoms with Crippen molar-refractivity contribution < 1.29 is 37.1 Å². The first-order chi connectivity index (χ1) is 32.6. The molecule has 2 aliphatic rings. The molecule has 0 aromatic heterocycles. The SMILES string of the molecule is O=C1c2ccc(C#Cc3ccccc3)cc2C(=O)N1c1ccc(Oc2ccc(S(=O)(=O)c3ccc(Oc4ccc(N5C(=O)c6ccc(C#Cc7ccccc7)cc6C5=O)cc4)cc3)cc2)cc1. The molecule has 4 amide bonds. The van der Waals surface area contributed by atoms with Crippen molar-refractivity contribution in [3.05, 3.63) is 239 Å². The van der Waals surface area contributed by atoms with Crippen molar-refractivity contribution >= 4 is 44.8 Å². The summed E-state index contributed by atoms with van der Waals surface area (Å²) in [6.45, 7) is 0. The highest BCUT2D eigenvalue weighted by atomic mass is 32.2. The van der Waals surface area contributed by atoms with E-state index in [0.717, 1.165) is 20.9 Å². The van der Waals surface area contributed by atoms with Gasteiger partial charge in [0.25, 0.3) is 23.6 Å². The van der Waals surface area contributed by atoms with Crippen molar-refractivity contribution in [2.45, 2.75) is 9.79 Å². The fourth-order valence-electron chi connectivity index (χ4n) is 7.55. The minimum atomic E-state index is -3.92. The van der Waals surface area contributed by atoms with E-state index in [-0.39, 0.29) is 20.9 Å². The summed E-state index contributed by atoms with van der Waals surface area (Å²) in [5.41, 5.74) is 4.77. The molecule has 0 saturated heterocycles. The normalized spacial score (nSPS) is 12.7. The third-order valence-electron chi connectivity index (χ3n) is 11.0. The van der Waals surface area contributed by atoms with Crippen LogP contribution in [0.25, 0.3) is 0 Å². The van der Waals surface area contributed by atoms with Gasteiger partial charge in [0.15, 0.2) is 0 Å². The van der Waals surface area contributed by atoms with Gasteiger partial charge in [-0.15, -0.1) is 0 Å². The van der Waals surface area contributed by atoms with Crippen LogP contribution in [0.5, 0.6) is 23.0 Å². The molecule has 0 bridgehead atoms. The number of nitrogens with zero attached hydrogens (tertiary/aromatic N) is 2. The molecule has 10 rings (SSSR count). The summed E-state index contributed by atoms with van der Waals surface area (Å²) < 4.78 is 39.1. The predicted molar refractivity (Wildman–Crippen MR) is 251 cm³/mol. The van der Waals surface area contributed by atoms with E-state index in [1.807, 2.05) is 60.7 Å². The summed E-state index contributed by atoms with van der Waals surface area (Å²) in [5.74, 6) is 12.0. The van der Waals surface area contributed by atoms with Gasteiger partial charge < -0.3 is 9.47 Å². The Hall–Kier alpha value is -9.29. The standard InChI is InChI=1S/C56H32N2O8S/c59-53-49-33-15-39(13-11-37-7-3-1-4-8-37)35-51(49)55(61)57(53)41-17-21-43(22-18-41)65-45-25-29-47(30-26-45)67(63,64)48-31-27-46(28-32-48)66-44-23-19-42(20-24-44)58-54(60)50-34-16-40(36-52(50)56(58)62)14-12-38-9-5-2-6-10-38/h1-10,15-36H. The molecule has 0 radical (unpaired) electrons. The van der Waals surface area contributed by atoms with Crippen LogP contribution >= 0.6 is 0 Å². The van der Waals surface area contributed by atoms with Crippen molar-refractivity contribution in [2.24, 2.45) is 0 Å². The first kappa shape index (κ1) is 41.7. The Kier molecular flexibility index (Phi) is 10.8. The zero-order chi connectivity index (χ0) is 46.1. The highest BCUT2D eigenvalue weighted by molar-refractivity contribution is 7.91. The van der Waals surface area contributed by atoms with Gasteiger partial charge in [-0.3, -0.25) is 19.2 Å². The number of hydrogen-bond acceptors (Lipinski definition) is 8. The zero-order valence-electron chi connectivity index (χ0n) is 35.0. The molecule has 0 aliphatic carbocycles. The van der Waals surface area contributed by atoms with Gasteiger partial charge in [-0.05, 0) is 158 Å². The van der Waals surface area contributed by atoms with E-state index in [9.17, 15) is 27.6 Å². The summed E-state index contributed by atoms with van der Waals surface area (Å²) in [6, 6.07) is 53.6. The van der Waals surface area contributed by atoms with E-state index in [2.05, 4.69) is 23.7 Å². The molecule has 8 aromatic rings. The second-order valence-electron chi connectivity index (χ2n) is 15.3. The number of benzene rings is 8. The van der Waals surface area contributed by atoms with Crippen LogP contribution in [0.15, 0.2) is 204 Å². The number of ether oxygens (including phenoxy) is 2. The maximum atomic E-state index is 13.6. The summed E-state index contributed by atoms with van der Waals surface area (Å²) in [7, 11) is -3.92. The number of amides is 4. The molecule has 0 N–H and O–H groups in total. The van der Waals surface area contributed by atoms with Crippen LogP contribution in [-0.4, -0.2) is 32.0 Å². The minimum absolute atomic E-state index is 0.0452. The van der Waals surface area contributed by atoms with Crippen molar-refractivity contribution in [1.29, 1.82) is 0 Å². The van der Waals surface area contributed by atoms with Crippen LogP contribution in [0.3, 0.4) is 0 Å². The van der Waals surface area contributed by atoms with Gasteiger partial charge in [0.05, 0.1) is 43.4 Å². The van der Waals surface area contributed by atoms with Gasteiger partial charge in [0, 0.05) is 22.3 Å². The molecule has 67 heavy (non-hydrogen) atoms. The lowest BCUT2D eigenvalue weighted by Gasteiger charge is -2.15. The largest absolute Gasteiger partial charge is 0.457 e. The van der Waals surface area contributed by atoms with Crippen molar-refractivity contribution in [1.82, 2.24) is 0 Å². The van der Waals surface area contributed by atoms with E-state index in [0.29, 0.717) is 56.6 Å². The number of anilines is 2. The molecule has 2 heterocycles. The Morgan fingerprint density at radius 1 is 0.328 bits per heavy atom. The molecular weight excluding hydrogens is 861 g/mol. The maximum Gasteiger partial charge on any atom is 0.266 e. The molecular formula is C56H32N2O8S. The fraction of sp³-hybridized carbons (Fsp3) is 0. The van der Waals surface area contributed by atoms with Crippen molar-refractivity contribution in [2.75, 3.05) is 9.80 Å². The highest BCUT2D eigenvalue weighted by Crippen LogP contribution is 2.34. The Bertz CT molecular complexity index is 3300. The Morgan fingerprint density at radius 3 is 1.00 bits per heavy atom. The predicted octanol–water partition coefficient (Wildman–Crippen LogP) is 10.5. The van der Waals surface area contributed by atoms with Crippen LogP contribution in [0, 0.1) is 23.7 Å². The number of sulfone groups is 1. The molecule has 0 fully saturated rings. The van der Waals surface area contributed by atoms with Crippen molar-refractivity contribution in [3.8, 4) is 46.7 Å². The van der Waals surface area contributed by atoms with E-state index in [1.54, 1.807) is 84.9 Å². The molecule has 2 aliphatic heterocycles. The summed E-state index contributed by atoms with van der Waals surface area (Å²) >= 11 is 0. The molecule has 11 heteroatoms. The number of carbonyl (C=O) groups is 4. The highest BCUT2D eigenvalue weighted by Gasteiger charge is 2.38. The fourth-order valence-corrected chi connectivity index (χ4v) is 8.81. The number of imide groups is 2. The maximum absolute atomic E-state index is 13.6. The minimum Gasteiger partial charge on any atom is -0.457 e. The van der Waals surface area contributed by atoms with Crippen molar-refractivity contribution in [3.63, 3.8) is 0 Å². The van der Waals surface area contributed by atoms with Crippen LogP contribution in [0.4, 0.5) is 11.4 Å². The van der Waals surface area contributed by atoms with E-state index >= 15 is 0 Å². The van der Waals surface area contributed by atoms with Crippen LogP contribution in [-0.2, 0) is 9.84 Å². The van der Waals surface area contributed by atoms with Gasteiger partial charge in [-0.1, -0.05) is 60.1 Å². The second kappa shape index (κ2) is 17.4. The van der Waals surface area contributed by atoms with Gasteiger partial charge >= 0.3 is 0 Å². The van der Waals surface area contributed by atoms with Gasteiger partial charge in [-0.25, -0.2) is 18.2 Å². The number of fused-ring (bicyclic) bond motifs is 2. The van der Waals surface area contributed by atoms with E-state index in [4.69, 9.17) is 9.47 Å². The molecule has 320 valence electrons. The molecule has 0 saturated carbocycles. The second-order valence-corrected chi connectivity index (χ2v) is 17.2. The average molecular weight is 893 g/mol. The molecule has 0 unspecified atom stereocenters. The first-order valence-electron chi connectivity index (χ1n) is 20.8. The topological polar surface area (TPSA) is 127 Å². The van der Waals surface area contributed by atoms with E-state index < -0.39 is 33.5 Å². The zero-order valence-corrected chi connectivity index (χ0v) is 35.9. The lowest BCUT2D eigenvalue weighted by Crippen LogP contribution is -2.29. The van der Waals surface area contributed by atoms with E-state index in [1.165, 1.54) is 48.5 Å². The third kappa shape index (κ3) is 8.33. The lowest BCUT2D eigenvalue weighted by atomic mass is 10.1. The monoisotopic (exact) mass is 892 g/mol. The molecule has 8 aromatic carbocycles. The van der Waals surface area contributed by atoms with Gasteiger partial charge in [-0.2, -0.15) is 0 Å². The molecule has 0 atom stereocenters. The van der Waals surface area contributed by atoms with Gasteiger partial charge in [0.1, 0.15) is 23.0 Å². The average Bonchev–Trinajstić information content (AvgIpc) is 3.76. The Labute approximate surface area is 385 Å². The number of rotatable bonds is 8. The first-order valence-corrected chi connectivity index (χ1v) is 22.3. The van der Waals surface area contributed by atoms with Gasteiger partial charge in [0.2, 0.25) is 9.84 Å². The Balaban J connectivity index is 0.750. The number of carbonyl (C=O) groups excluding carboxylic acids is 4. The van der Waals surface area contributed by atoms with Crippen LogP contribution in [0.2, 0.25) is 0 Å². The number of hydrogen-bond donors (Lipinski definition) is 0. The van der Waals surface area contributed by atoms with Crippen LogP contribution in [0.1, 0.15) is 63.7 Å².